The minimum absolute atomic E-state index is 0.0648. The molecule has 7 nitrogen and oxygen atoms in total. The number of carbonyl (C=O) groups excluding carboxylic acids is 2. The summed E-state index contributed by atoms with van der Waals surface area (Å²) in [7, 11) is 0. The Balaban J connectivity index is 1.45. The normalized spacial score (nSPS) is 10.8. The number of para-hydroxylation sites is 1. The van der Waals surface area contributed by atoms with Gasteiger partial charge in [-0.1, -0.05) is 29.4 Å². The molecule has 0 radical (unpaired) electrons. The van der Waals surface area contributed by atoms with Gasteiger partial charge < -0.3 is 8.94 Å². The van der Waals surface area contributed by atoms with Crippen LogP contribution >= 0.6 is 11.3 Å². The summed E-state index contributed by atoms with van der Waals surface area (Å²) in [6.07, 6.45) is 0. The topological polar surface area (TPSA) is 97.4 Å². The summed E-state index contributed by atoms with van der Waals surface area (Å²) in [6.45, 7) is 1.79. The Morgan fingerprint density at radius 2 is 1.88 bits per heavy atom. The van der Waals surface area contributed by atoms with E-state index in [9.17, 15) is 9.59 Å². The van der Waals surface area contributed by atoms with Crippen LogP contribution in [-0.4, -0.2) is 17.0 Å². The lowest BCUT2D eigenvalue weighted by atomic mass is 10.1. The van der Waals surface area contributed by atoms with Gasteiger partial charge in [-0.3, -0.25) is 20.4 Å². The fraction of sp³-hybridized carbons (Fsp3) is 0.0556. The van der Waals surface area contributed by atoms with Crippen LogP contribution in [0.4, 0.5) is 0 Å². The summed E-state index contributed by atoms with van der Waals surface area (Å²) < 4.78 is 10.7. The van der Waals surface area contributed by atoms with Crippen molar-refractivity contribution >= 4 is 34.1 Å². The van der Waals surface area contributed by atoms with E-state index in [-0.39, 0.29) is 11.5 Å². The molecule has 0 aliphatic rings. The Morgan fingerprint density at radius 1 is 1.08 bits per heavy atom. The van der Waals surface area contributed by atoms with Crippen LogP contribution in [0.15, 0.2) is 56.8 Å². The number of hydrogen-bond donors (Lipinski definition) is 2. The molecule has 130 valence electrons. The van der Waals surface area contributed by atoms with Gasteiger partial charge in [0.2, 0.25) is 0 Å². The molecule has 3 heterocycles. The van der Waals surface area contributed by atoms with Crippen LogP contribution in [0.5, 0.6) is 0 Å². The molecule has 2 N–H and O–H groups in total. The second kappa shape index (κ2) is 6.49. The molecule has 4 aromatic rings. The maximum absolute atomic E-state index is 12.3. The van der Waals surface area contributed by atoms with Crippen molar-refractivity contribution in [3.8, 4) is 10.6 Å². The highest BCUT2D eigenvalue weighted by atomic mass is 32.1. The molecule has 8 heteroatoms. The average Bonchev–Trinajstić information content (AvgIpc) is 3.39. The van der Waals surface area contributed by atoms with Gasteiger partial charge in [0.1, 0.15) is 5.58 Å². The number of nitrogens with one attached hydrogen (secondary N) is 2. The molecule has 0 atom stereocenters. The highest BCUT2D eigenvalue weighted by Gasteiger charge is 2.19. The first-order chi connectivity index (χ1) is 12.6. The molecule has 0 aliphatic heterocycles. The number of amides is 2. The number of carbonyl (C=O) groups is 2. The van der Waals surface area contributed by atoms with Crippen molar-refractivity contribution in [2.45, 2.75) is 6.92 Å². The molecule has 1 aromatic carbocycles. The van der Waals surface area contributed by atoms with Crippen molar-refractivity contribution in [3.05, 3.63) is 64.9 Å². The van der Waals surface area contributed by atoms with Gasteiger partial charge in [-0.25, -0.2) is 0 Å². The molecule has 26 heavy (non-hydrogen) atoms. The Hall–Kier alpha value is -3.39. The summed E-state index contributed by atoms with van der Waals surface area (Å²) in [5.74, 6) is -0.497. The van der Waals surface area contributed by atoms with E-state index in [0.717, 1.165) is 10.3 Å². The molecule has 0 bridgehead atoms. The quantitative estimate of drug-likeness (QED) is 0.540. The van der Waals surface area contributed by atoms with Gasteiger partial charge in [0.25, 0.3) is 5.91 Å². The van der Waals surface area contributed by atoms with E-state index in [2.05, 4.69) is 16.0 Å². The molecule has 0 saturated carbocycles. The fourth-order valence-corrected chi connectivity index (χ4v) is 3.22. The van der Waals surface area contributed by atoms with Gasteiger partial charge in [-0.15, -0.1) is 11.3 Å². The van der Waals surface area contributed by atoms with Gasteiger partial charge in [0, 0.05) is 17.0 Å². The zero-order valence-corrected chi connectivity index (χ0v) is 14.4. The molecular formula is C18H13N3O4S. The van der Waals surface area contributed by atoms with Gasteiger partial charge in [0.15, 0.2) is 17.2 Å². The minimum atomic E-state index is -0.585. The third-order valence-corrected chi connectivity index (χ3v) is 4.73. The van der Waals surface area contributed by atoms with Crippen LogP contribution in [0, 0.1) is 6.92 Å². The highest BCUT2D eigenvalue weighted by Crippen LogP contribution is 2.25. The van der Waals surface area contributed by atoms with Crippen molar-refractivity contribution in [2.75, 3.05) is 0 Å². The summed E-state index contributed by atoms with van der Waals surface area (Å²) in [5.41, 5.74) is 6.02. The number of aryl methyl sites for hydroxylation is 1. The zero-order valence-electron chi connectivity index (χ0n) is 13.6. The molecule has 4 rings (SSSR count). The number of rotatable bonds is 3. The number of thiophene rings is 1. The van der Waals surface area contributed by atoms with Crippen molar-refractivity contribution in [3.63, 3.8) is 0 Å². The lowest BCUT2D eigenvalue weighted by Gasteiger charge is -2.04. The molecule has 0 spiro atoms. The third-order valence-electron chi connectivity index (χ3n) is 3.85. The lowest BCUT2D eigenvalue weighted by molar-refractivity contribution is 0.0827. The van der Waals surface area contributed by atoms with Gasteiger partial charge >= 0.3 is 5.91 Å². The number of furan rings is 1. The number of fused-ring (bicyclic) bond motifs is 1. The van der Waals surface area contributed by atoms with Crippen LogP contribution in [0.2, 0.25) is 0 Å². The second-order valence-corrected chi connectivity index (χ2v) is 6.46. The predicted molar refractivity (Wildman–Crippen MR) is 95.7 cm³/mol. The molecule has 3 aromatic heterocycles. The molecule has 0 aliphatic carbocycles. The molecular weight excluding hydrogens is 354 g/mol. The van der Waals surface area contributed by atoms with E-state index < -0.39 is 11.8 Å². The van der Waals surface area contributed by atoms with Crippen LogP contribution in [0.25, 0.3) is 21.6 Å². The van der Waals surface area contributed by atoms with Gasteiger partial charge in [-0.05, 0) is 24.4 Å². The maximum Gasteiger partial charge on any atom is 0.305 e. The monoisotopic (exact) mass is 367 g/mol. The maximum atomic E-state index is 12.3. The number of nitrogens with zero attached hydrogens (tertiary/aromatic N) is 1. The number of hydrogen-bond acceptors (Lipinski definition) is 6. The van der Waals surface area contributed by atoms with Gasteiger partial charge in [-0.2, -0.15) is 0 Å². The molecule has 0 unspecified atom stereocenters. The first-order valence-electron chi connectivity index (χ1n) is 7.73. The summed E-state index contributed by atoms with van der Waals surface area (Å²) >= 11 is 1.47. The second-order valence-electron chi connectivity index (χ2n) is 5.51. The Kier molecular flexibility index (Phi) is 4.02. The van der Waals surface area contributed by atoms with Crippen molar-refractivity contribution in [2.24, 2.45) is 0 Å². The van der Waals surface area contributed by atoms with E-state index in [1.54, 1.807) is 13.0 Å². The van der Waals surface area contributed by atoms with E-state index in [4.69, 9.17) is 8.94 Å². The zero-order chi connectivity index (χ0) is 18.1. The van der Waals surface area contributed by atoms with Crippen LogP contribution < -0.4 is 10.9 Å². The average molecular weight is 367 g/mol. The molecule has 2 amide bonds. The summed E-state index contributed by atoms with van der Waals surface area (Å²) in [5, 5.41) is 6.46. The SMILES string of the molecule is Cc1c(C(=O)NNC(=O)c2cc(-c3cccs3)on2)oc2ccccc12. The van der Waals surface area contributed by atoms with Crippen molar-refractivity contribution in [1.82, 2.24) is 16.0 Å². The summed E-state index contributed by atoms with van der Waals surface area (Å²) in [6, 6.07) is 12.6. The van der Waals surface area contributed by atoms with E-state index >= 15 is 0 Å². The standard InChI is InChI=1S/C18H13N3O4S/c1-10-11-5-2-3-6-13(11)24-16(10)18(23)20-19-17(22)12-9-14(25-21-12)15-7-4-8-26-15/h2-9H,1H3,(H,19,22)(H,20,23). The third kappa shape index (κ3) is 2.86. The van der Waals surface area contributed by atoms with Crippen molar-refractivity contribution < 1.29 is 18.5 Å². The minimum Gasteiger partial charge on any atom is -0.451 e. The van der Waals surface area contributed by atoms with Crippen LogP contribution in [0.1, 0.15) is 26.6 Å². The fourth-order valence-electron chi connectivity index (χ4n) is 2.54. The smallest absolute Gasteiger partial charge is 0.305 e. The summed E-state index contributed by atoms with van der Waals surface area (Å²) in [4.78, 5) is 25.3. The van der Waals surface area contributed by atoms with Crippen LogP contribution in [-0.2, 0) is 0 Å². The Bertz CT molecular complexity index is 1100. The number of aromatic nitrogens is 1. The Morgan fingerprint density at radius 3 is 2.65 bits per heavy atom. The first kappa shape index (κ1) is 16.1. The predicted octanol–water partition coefficient (Wildman–Crippen LogP) is 3.53. The van der Waals surface area contributed by atoms with E-state index in [1.165, 1.54) is 17.4 Å². The number of benzene rings is 1. The van der Waals surface area contributed by atoms with Gasteiger partial charge in [0.05, 0.1) is 4.88 Å². The number of hydrazine groups is 1. The largest absolute Gasteiger partial charge is 0.451 e. The molecule has 0 saturated heterocycles. The Labute approximate surface area is 151 Å². The first-order valence-corrected chi connectivity index (χ1v) is 8.61. The van der Waals surface area contributed by atoms with Crippen molar-refractivity contribution in [1.29, 1.82) is 0 Å². The molecule has 0 fully saturated rings. The lowest BCUT2D eigenvalue weighted by Crippen LogP contribution is -2.41. The highest BCUT2D eigenvalue weighted by molar-refractivity contribution is 7.13. The van der Waals surface area contributed by atoms with E-state index in [0.29, 0.717) is 16.9 Å². The van der Waals surface area contributed by atoms with E-state index in [1.807, 2.05) is 35.7 Å². The van der Waals surface area contributed by atoms with Crippen LogP contribution in [0.3, 0.4) is 0 Å².